The first-order valence-corrected chi connectivity index (χ1v) is 28.3. The highest BCUT2D eigenvalue weighted by molar-refractivity contribution is 8.02. The summed E-state index contributed by atoms with van der Waals surface area (Å²) in [6.45, 7) is 6.71. The van der Waals surface area contributed by atoms with Crippen LogP contribution in [0.25, 0.3) is 11.4 Å². The summed E-state index contributed by atoms with van der Waals surface area (Å²) in [6, 6.07) is 41.1. The molecule has 440 valence electrons. The fourth-order valence-corrected chi connectivity index (χ4v) is 8.50. The Morgan fingerprint density at radius 2 is 1.09 bits per heavy atom. The normalized spacial score (nSPS) is 11.0. The monoisotopic (exact) mass is 1190 g/mol. The minimum absolute atomic E-state index is 0.231. The Labute approximate surface area is 499 Å². The zero-order valence-electron chi connectivity index (χ0n) is 46.8. The molecule has 0 fully saturated rings. The molecule has 0 radical (unpaired) electrons. The number of esters is 1. The van der Waals surface area contributed by atoms with E-state index < -0.39 is 23.7 Å². The number of hydrogen-bond donors (Lipinski definition) is 10. The number of rotatable bonds is 21. The zero-order chi connectivity index (χ0) is 61.0. The number of ether oxygens (including phenoxy) is 1. The number of nitrogens with one attached hydrogen (secondary N) is 8. The number of anilines is 8. The largest absolute Gasteiger partial charge is 0.462 e. The predicted molar refractivity (Wildman–Crippen MR) is 339 cm³/mol. The van der Waals surface area contributed by atoms with Crippen LogP contribution in [0.5, 0.6) is 0 Å². The van der Waals surface area contributed by atoms with Crippen LogP contribution < -0.4 is 54.0 Å². The summed E-state index contributed by atoms with van der Waals surface area (Å²) in [7, 11) is 1.92. The molecule has 85 heavy (non-hydrogen) atoms. The lowest BCUT2D eigenvalue weighted by Gasteiger charge is -2.12. The van der Waals surface area contributed by atoms with Gasteiger partial charge in [-0.15, -0.1) is 23.5 Å². The number of nitrogens with two attached hydrogens (primary N) is 2. The van der Waals surface area contributed by atoms with Gasteiger partial charge in [0.05, 0.1) is 29.5 Å². The molecule has 0 atom stereocenters. The average molecular weight is 1190 g/mol. The van der Waals surface area contributed by atoms with E-state index in [9.17, 15) is 32.3 Å². The number of aromatic nitrogens is 3. The summed E-state index contributed by atoms with van der Waals surface area (Å²) in [5.41, 5.74) is 22.9. The van der Waals surface area contributed by atoms with Crippen LogP contribution in [0, 0.1) is 13.8 Å². The van der Waals surface area contributed by atoms with Crippen molar-refractivity contribution in [3.63, 3.8) is 0 Å². The van der Waals surface area contributed by atoms with E-state index in [2.05, 4.69) is 77.6 Å². The molecule has 0 aliphatic rings. The number of hydrogen-bond acceptors (Lipinski definition) is 16. The van der Waals surface area contributed by atoms with Crippen molar-refractivity contribution in [2.45, 2.75) is 33.5 Å². The Morgan fingerprint density at radius 3 is 1.59 bits per heavy atom. The zero-order valence-corrected chi connectivity index (χ0v) is 48.4. The van der Waals surface area contributed by atoms with Crippen molar-refractivity contribution in [3.05, 3.63) is 232 Å². The summed E-state index contributed by atoms with van der Waals surface area (Å²) in [4.78, 5) is 59.2. The van der Waals surface area contributed by atoms with Crippen molar-refractivity contribution >= 4 is 105 Å². The molecule has 0 saturated heterocycles. The van der Waals surface area contributed by atoms with Crippen molar-refractivity contribution in [1.82, 2.24) is 15.0 Å². The van der Waals surface area contributed by atoms with Crippen molar-refractivity contribution in [3.8, 4) is 0 Å². The molecule has 3 heterocycles. The van der Waals surface area contributed by atoms with Gasteiger partial charge in [0.1, 0.15) is 17.9 Å². The molecule has 3 aromatic heterocycles. The molecule has 0 saturated carbocycles. The maximum atomic E-state index is 12.4. The minimum Gasteiger partial charge on any atom is -0.462 e. The number of thioether (sulfide) groups is 2. The number of alkyl halides is 3. The third kappa shape index (κ3) is 22.0. The van der Waals surface area contributed by atoms with Crippen molar-refractivity contribution in [1.29, 1.82) is 0 Å². The fraction of sp³-hybridized carbons (Fsp3) is 0.145. The lowest BCUT2D eigenvalue weighted by atomic mass is 10.2. The highest BCUT2D eigenvalue weighted by Crippen LogP contribution is 2.30. The van der Waals surface area contributed by atoms with Crippen LogP contribution in [0.4, 0.5) is 68.5 Å². The maximum Gasteiger partial charge on any atom is 0.416 e. The van der Waals surface area contributed by atoms with E-state index in [0.717, 1.165) is 81.1 Å². The number of carbonyl (C=O) groups is 4. The molecular weight excluding hydrogens is 1130 g/mol. The highest BCUT2D eigenvalue weighted by atomic mass is 32.2. The third-order valence-corrected chi connectivity index (χ3v) is 13.3. The van der Waals surface area contributed by atoms with E-state index in [0.29, 0.717) is 59.2 Å². The van der Waals surface area contributed by atoms with Crippen LogP contribution in [0.1, 0.15) is 61.0 Å². The Balaban J connectivity index is 0.000000226. The number of urea groups is 2. The van der Waals surface area contributed by atoms with Crippen molar-refractivity contribution in [2.75, 3.05) is 67.9 Å². The van der Waals surface area contributed by atoms with E-state index in [1.807, 2.05) is 85.5 Å². The maximum absolute atomic E-state index is 12.4. The van der Waals surface area contributed by atoms with E-state index in [-0.39, 0.29) is 11.7 Å². The van der Waals surface area contributed by atoms with Crippen LogP contribution in [0.3, 0.4) is 0 Å². The molecule has 0 bridgehead atoms. The molecule has 12 N–H and O–H groups in total. The van der Waals surface area contributed by atoms with Gasteiger partial charge in [-0.2, -0.15) is 13.2 Å². The predicted octanol–water partition coefficient (Wildman–Crippen LogP) is 13.9. The van der Waals surface area contributed by atoms with Crippen LogP contribution in [-0.4, -0.2) is 64.7 Å². The second-order valence-corrected chi connectivity index (χ2v) is 19.8. The van der Waals surface area contributed by atoms with Gasteiger partial charge in [-0.25, -0.2) is 19.4 Å². The van der Waals surface area contributed by atoms with Gasteiger partial charge >= 0.3 is 24.2 Å². The van der Waals surface area contributed by atoms with Gasteiger partial charge in [-0.1, -0.05) is 24.3 Å². The van der Waals surface area contributed by atoms with Gasteiger partial charge in [0.15, 0.2) is 0 Å². The first-order chi connectivity index (χ1) is 41.0. The standard InChI is InChI=1S/C31H33N7O3S.C16H20N4S.C15H11F3N2O2/c1-3-41-30(39)23-9-13-26(14-10-23)37-31(40)36-25-11-7-22(8-12-25)17-34-28-15-6-21(2)29(38-28)35-20-42-19-27(32)24-5-4-16-33-18-24;1-12-5-6-14(18-2)8-16(12)20-11-21-10-15(17)13-4-3-7-19-9-13;16-15(17,18)11-3-7-13(8-4-11)20-14(22)19-12-5-1-10(9-21)2-6-12/h4-16,18-19H,3,17,20,32H2,1-2H3,(H2,34,35,38)(H2,36,37,40);3-10,18,20H,11,17H2,1-2H3;1-9H,(H2,19,20,22)/b27-19-;15-10-;. The molecule has 8 aromatic rings. The van der Waals surface area contributed by atoms with Crippen molar-refractivity contribution in [2.24, 2.45) is 11.5 Å². The summed E-state index contributed by atoms with van der Waals surface area (Å²) in [5.74, 6) is 2.51. The Kier molecular flexibility index (Phi) is 25.1. The number of halogens is 3. The first-order valence-electron chi connectivity index (χ1n) is 26.2. The lowest BCUT2D eigenvalue weighted by Crippen LogP contribution is -2.19. The summed E-state index contributed by atoms with van der Waals surface area (Å²) < 4.78 is 42.2. The van der Waals surface area contributed by atoms with Crippen LogP contribution >= 0.6 is 23.5 Å². The van der Waals surface area contributed by atoms with Gasteiger partial charge in [-0.3, -0.25) is 14.8 Å². The summed E-state index contributed by atoms with van der Waals surface area (Å²) in [5, 5.41) is 27.5. The van der Waals surface area contributed by atoms with Gasteiger partial charge < -0.3 is 58.7 Å². The number of aldehydes is 1. The second-order valence-electron chi connectivity index (χ2n) is 18.1. The number of carbonyl (C=O) groups excluding carboxylic acids is 4. The number of aryl methyl sites for hydroxylation is 2. The third-order valence-electron chi connectivity index (χ3n) is 11.8. The number of pyridine rings is 3. The van der Waals surface area contributed by atoms with Gasteiger partial charge in [0.2, 0.25) is 0 Å². The molecule has 23 heteroatoms. The lowest BCUT2D eigenvalue weighted by molar-refractivity contribution is -0.137. The molecule has 8 rings (SSSR count). The van der Waals surface area contributed by atoms with Gasteiger partial charge in [-0.05, 0) is 176 Å². The molecule has 18 nitrogen and oxygen atoms in total. The summed E-state index contributed by atoms with van der Waals surface area (Å²) in [6.07, 6.45) is 3.21. The van der Waals surface area contributed by atoms with E-state index in [1.54, 1.807) is 79.5 Å². The topological polar surface area (TPSA) is 264 Å². The molecule has 4 amide bonds. The van der Waals surface area contributed by atoms with E-state index in [1.165, 1.54) is 29.8 Å². The number of nitrogens with zero attached hydrogens (tertiary/aromatic N) is 3. The first kappa shape index (κ1) is 64.2. The molecule has 5 aromatic carbocycles. The summed E-state index contributed by atoms with van der Waals surface area (Å²) >= 11 is 3.17. The van der Waals surface area contributed by atoms with Gasteiger partial charge in [0, 0.05) is 101 Å². The Morgan fingerprint density at radius 1 is 0.600 bits per heavy atom. The number of amides is 4. The fourth-order valence-electron chi connectivity index (χ4n) is 7.25. The minimum atomic E-state index is -4.42. The van der Waals surface area contributed by atoms with Crippen LogP contribution in [0.2, 0.25) is 0 Å². The van der Waals surface area contributed by atoms with E-state index >= 15 is 0 Å². The molecule has 0 aliphatic carbocycles. The number of benzene rings is 5. The van der Waals surface area contributed by atoms with E-state index in [4.69, 9.17) is 21.2 Å². The van der Waals surface area contributed by atoms with Crippen LogP contribution in [-0.2, 0) is 17.5 Å². The Bertz CT molecular complexity index is 3490. The second kappa shape index (κ2) is 33.2. The SMILES string of the molecule is CCOC(=O)c1ccc(NC(=O)Nc2ccc(CNc3ccc(C)c(NCS/C=C(\N)c4cccnc4)n3)cc2)cc1.CNc1ccc(C)c(NCS/C=C(\N)c2cccnc2)c1.O=Cc1ccc(NC(=O)Nc2ccc(C(F)(F)F)cc2)cc1. The molecular formula is C62H64F3N13O5S2. The quantitative estimate of drug-likeness (QED) is 0.0139. The van der Waals surface area contributed by atoms with Crippen molar-refractivity contribution < 1.29 is 37.1 Å². The Hall–Kier alpha value is -10.0. The highest BCUT2D eigenvalue weighted by Gasteiger charge is 2.30. The van der Waals surface area contributed by atoms with Gasteiger partial charge in [0.25, 0.3) is 0 Å². The average Bonchev–Trinajstić information content (AvgIpc) is 3.53. The smallest absolute Gasteiger partial charge is 0.416 e. The van der Waals surface area contributed by atoms with Crippen LogP contribution in [0.15, 0.2) is 187 Å². The molecule has 0 aliphatic heterocycles. The molecule has 0 spiro atoms. The molecule has 0 unspecified atom stereocenters.